The molecule has 3 nitrogen and oxygen atoms in total. The van der Waals surface area contributed by atoms with Crippen molar-refractivity contribution in [1.82, 2.24) is 4.98 Å². The molecule has 0 aliphatic carbocycles. The van der Waals surface area contributed by atoms with Gasteiger partial charge in [-0.3, -0.25) is 4.79 Å². The maximum absolute atomic E-state index is 10.8. The summed E-state index contributed by atoms with van der Waals surface area (Å²) in [5.74, 6) is 0.286. The minimum absolute atomic E-state index is 0.301. The van der Waals surface area contributed by atoms with Crippen molar-refractivity contribution >= 4 is 39.5 Å². The first-order chi connectivity index (χ1) is 6.66. The Kier molecular flexibility index (Phi) is 2.45. The third-order valence-corrected chi connectivity index (χ3v) is 2.53. The Balaban J connectivity index is 2.52. The first-order valence-electron chi connectivity index (χ1n) is 4.12. The molecule has 0 aliphatic rings. The zero-order valence-electron chi connectivity index (χ0n) is 7.50. The molecule has 0 saturated heterocycles. The summed E-state index contributed by atoms with van der Waals surface area (Å²) in [4.78, 5) is 13.8. The van der Waals surface area contributed by atoms with Crippen LogP contribution in [0.5, 0.6) is 5.75 Å². The van der Waals surface area contributed by atoms with Gasteiger partial charge in [-0.15, -0.1) is 0 Å². The number of halogens is 1. The molecule has 4 heteroatoms. The molecule has 2 rings (SSSR count). The number of aromatic nitrogens is 1. The van der Waals surface area contributed by atoms with Crippen LogP contribution >= 0.6 is 22.6 Å². The number of carbonyl (C=O) groups is 1. The number of hydrogen-bond acceptors (Lipinski definition) is 2. The lowest BCUT2D eigenvalue weighted by Gasteiger charge is -1.97. The molecule has 1 N–H and O–H groups in total. The van der Waals surface area contributed by atoms with Crippen molar-refractivity contribution in [3.63, 3.8) is 0 Å². The van der Waals surface area contributed by atoms with Gasteiger partial charge >= 0.3 is 5.97 Å². The van der Waals surface area contributed by atoms with Crippen molar-refractivity contribution in [1.29, 1.82) is 0 Å². The number of esters is 1. The van der Waals surface area contributed by atoms with Gasteiger partial charge in [0.1, 0.15) is 0 Å². The van der Waals surface area contributed by atoms with Crippen LogP contribution in [0.1, 0.15) is 6.92 Å². The van der Waals surface area contributed by atoms with E-state index >= 15 is 0 Å². The van der Waals surface area contributed by atoms with E-state index in [2.05, 4.69) is 27.6 Å². The molecular weight excluding hydrogens is 293 g/mol. The van der Waals surface area contributed by atoms with Crippen LogP contribution in [0, 0.1) is 3.57 Å². The molecule has 1 heterocycles. The summed E-state index contributed by atoms with van der Waals surface area (Å²) < 4.78 is 6.18. The smallest absolute Gasteiger partial charge is 0.308 e. The fraction of sp³-hybridized carbons (Fsp3) is 0.100. The predicted octanol–water partition coefficient (Wildman–Crippen LogP) is 2.70. The second-order valence-corrected chi connectivity index (χ2v) is 4.18. The Labute approximate surface area is 94.6 Å². The average molecular weight is 301 g/mol. The molecule has 1 aromatic heterocycles. The Hall–Kier alpha value is -1.04. The van der Waals surface area contributed by atoms with Crippen LogP contribution in [-0.4, -0.2) is 11.0 Å². The van der Waals surface area contributed by atoms with Crippen molar-refractivity contribution in [2.24, 2.45) is 0 Å². The molecular formula is C10H8INO2. The van der Waals surface area contributed by atoms with E-state index in [1.807, 2.05) is 18.2 Å². The third-order valence-electron chi connectivity index (χ3n) is 1.86. The molecule has 0 spiro atoms. The maximum atomic E-state index is 10.8. The number of H-pyrrole nitrogens is 1. The molecule has 14 heavy (non-hydrogen) atoms. The summed E-state index contributed by atoms with van der Waals surface area (Å²) >= 11 is 2.23. The van der Waals surface area contributed by atoms with E-state index in [9.17, 15) is 4.79 Å². The molecule has 1 aromatic carbocycles. The van der Waals surface area contributed by atoms with E-state index in [0.717, 1.165) is 14.5 Å². The third kappa shape index (κ3) is 1.75. The van der Waals surface area contributed by atoms with E-state index in [1.54, 1.807) is 6.20 Å². The minimum Gasteiger partial charge on any atom is -0.424 e. The monoisotopic (exact) mass is 301 g/mol. The minimum atomic E-state index is -0.301. The Morgan fingerprint density at radius 3 is 3.00 bits per heavy atom. The highest BCUT2D eigenvalue weighted by Gasteiger charge is 2.06. The van der Waals surface area contributed by atoms with Gasteiger partial charge in [-0.05, 0) is 40.8 Å². The molecule has 0 unspecified atom stereocenters. The average Bonchev–Trinajstić information content (AvgIpc) is 2.47. The van der Waals surface area contributed by atoms with Crippen LogP contribution in [0.4, 0.5) is 0 Å². The van der Waals surface area contributed by atoms with E-state index in [-0.39, 0.29) is 5.97 Å². The Morgan fingerprint density at radius 2 is 2.29 bits per heavy atom. The van der Waals surface area contributed by atoms with Crippen LogP contribution in [0.2, 0.25) is 0 Å². The summed E-state index contributed by atoms with van der Waals surface area (Å²) in [7, 11) is 0. The van der Waals surface area contributed by atoms with Gasteiger partial charge in [0.25, 0.3) is 0 Å². The van der Waals surface area contributed by atoms with Gasteiger partial charge in [0.05, 0.1) is 5.52 Å². The van der Waals surface area contributed by atoms with Gasteiger partial charge < -0.3 is 9.72 Å². The van der Waals surface area contributed by atoms with Gasteiger partial charge in [0.2, 0.25) is 0 Å². The van der Waals surface area contributed by atoms with Crippen LogP contribution < -0.4 is 4.74 Å². The number of nitrogens with one attached hydrogen (secondary N) is 1. The molecule has 0 bridgehead atoms. The molecule has 0 radical (unpaired) electrons. The van der Waals surface area contributed by atoms with Gasteiger partial charge in [-0.25, -0.2) is 0 Å². The number of rotatable bonds is 1. The lowest BCUT2D eigenvalue weighted by molar-refractivity contribution is -0.131. The molecule has 0 atom stereocenters. The number of fused-ring (bicyclic) bond motifs is 1. The van der Waals surface area contributed by atoms with E-state index < -0.39 is 0 Å². The van der Waals surface area contributed by atoms with Crippen LogP contribution in [0.15, 0.2) is 24.4 Å². The molecule has 0 aliphatic heterocycles. The summed E-state index contributed by atoms with van der Waals surface area (Å²) in [6, 6.07) is 5.92. The summed E-state index contributed by atoms with van der Waals surface area (Å²) in [5.41, 5.74) is 0.980. The van der Waals surface area contributed by atoms with Crippen LogP contribution in [-0.2, 0) is 4.79 Å². The van der Waals surface area contributed by atoms with Gasteiger partial charge in [0, 0.05) is 22.1 Å². The van der Waals surface area contributed by atoms with Crippen LogP contribution in [0.3, 0.4) is 0 Å². The zero-order chi connectivity index (χ0) is 10.1. The van der Waals surface area contributed by atoms with Crippen molar-refractivity contribution in [2.45, 2.75) is 6.92 Å². The van der Waals surface area contributed by atoms with Crippen molar-refractivity contribution in [3.8, 4) is 5.75 Å². The SMILES string of the molecule is CC(=O)Oc1c[nH]c2cc(I)ccc12. The number of carbonyl (C=O) groups excluding carboxylic acids is 1. The zero-order valence-corrected chi connectivity index (χ0v) is 9.66. The Morgan fingerprint density at radius 1 is 1.50 bits per heavy atom. The largest absolute Gasteiger partial charge is 0.424 e. The fourth-order valence-corrected chi connectivity index (χ4v) is 1.80. The van der Waals surface area contributed by atoms with E-state index in [1.165, 1.54) is 6.92 Å². The first kappa shape index (κ1) is 9.51. The van der Waals surface area contributed by atoms with Gasteiger partial charge in [-0.2, -0.15) is 0 Å². The second-order valence-electron chi connectivity index (χ2n) is 2.94. The highest BCUT2D eigenvalue weighted by Crippen LogP contribution is 2.26. The highest BCUT2D eigenvalue weighted by molar-refractivity contribution is 14.1. The molecule has 0 saturated carbocycles. The fourth-order valence-electron chi connectivity index (χ4n) is 1.31. The topological polar surface area (TPSA) is 42.1 Å². The number of aromatic amines is 1. The molecule has 72 valence electrons. The van der Waals surface area contributed by atoms with E-state index in [4.69, 9.17) is 4.74 Å². The highest BCUT2D eigenvalue weighted by atomic mass is 127. The Bertz CT molecular complexity index is 490. The normalized spacial score (nSPS) is 10.4. The number of ether oxygens (including phenoxy) is 1. The molecule has 0 fully saturated rings. The quantitative estimate of drug-likeness (QED) is 0.650. The summed E-state index contributed by atoms with van der Waals surface area (Å²) in [5, 5.41) is 0.931. The van der Waals surface area contributed by atoms with Crippen LogP contribution in [0.25, 0.3) is 10.9 Å². The van der Waals surface area contributed by atoms with Crippen molar-refractivity contribution in [2.75, 3.05) is 0 Å². The first-order valence-corrected chi connectivity index (χ1v) is 5.20. The maximum Gasteiger partial charge on any atom is 0.308 e. The lowest BCUT2D eigenvalue weighted by atomic mass is 10.2. The second kappa shape index (κ2) is 3.61. The predicted molar refractivity (Wildman–Crippen MR) is 62.3 cm³/mol. The summed E-state index contributed by atoms with van der Waals surface area (Å²) in [6.45, 7) is 1.39. The molecule has 2 aromatic rings. The van der Waals surface area contributed by atoms with Gasteiger partial charge in [0.15, 0.2) is 5.75 Å². The summed E-state index contributed by atoms with van der Waals surface area (Å²) in [6.07, 6.45) is 1.70. The van der Waals surface area contributed by atoms with E-state index in [0.29, 0.717) is 5.75 Å². The van der Waals surface area contributed by atoms with Crippen molar-refractivity contribution < 1.29 is 9.53 Å². The standard InChI is InChI=1S/C10H8INO2/c1-6(13)14-10-5-12-9-4-7(11)2-3-8(9)10/h2-5,12H,1H3. The molecule has 0 amide bonds. The van der Waals surface area contributed by atoms with Crippen molar-refractivity contribution in [3.05, 3.63) is 28.0 Å². The van der Waals surface area contributed by atoms with Gasteiger partial charge in [-0.1, -0.05) is 0 Å². The number of hydrogen-bond donors (Lipinski definition) is 1. The number of benzene rings is 1. The lowest BCUT2D eigenvalue weighted by Crippen LogP contribution is -2.00.